The Labute approximate surface area is 103 Å². The Bertz CT molecular complexity index is 392. The number of ether oxygens (including phenoxy) is 1. The van der Waals surface area contributed by atoms with Gasteiger partial charge in [0.05, 0.1) is 11.7 Å². The number of halogens is 1. The molecule has 1 rings (SSSR count). The van der Waals surface area contributed by atoms with Gasteiger partial charge in [-0.15, -0.1) is 0 Å². The summed E-state index contributed by atoms with van der Waals surface area (Å²) < 4.78 is 4.91. The highest BCUT2D eigenvalue weighted by Crippen LogP contribution is 2.02. The van der Waals surface area contributed by atoms with E-state index < -0.39 is 12.1 Å². The molecule has 0 saturated carbocycles. The van der Waals surface area contributed by atoms with Gasteiger partial charge >= 0.3 is 5.97 Å². The van der Waals surface area contributed by atoms with Crippen LogP contribution in [-0.4, -0.2) is 23.8 Å². The number of aliphatic hydroxyl groups is 1. The summed E-state index contributed by atoms with van der Waals surface area (Å²) in [7, 11) is 0. The number of carbonyl (C=O) groups is 1. The van der Waals surface area contributed by atoms with Crippen LogP contribution in [-0.2, 0) is 4.74 Å². The summed E-state index contributed by atoms with van der Waals surface area (Å²) in [5.41, 5.74) is 0.473. The summed E-state index contributed by atoms with van der Waals surface area (Å²) in [6.07, 6.45) is -0.481. The zero-order chi connectivity index (χ0) is 11.8. The van der Waals surface area contributed by atoms with Gasteiger partial charge in [-0.2, -0.15) is 0 Å². The first-order valence-electron chi connectivity index (χ1n) is 4.72. The minimum absolute atomic E-state index is 0.0462. The standard InChI is InChI=1S/C12H11BrO3/c13-8-4-7-11(14)9-16-12(15)10-5-2-1-3-6-10/h1-3,5-6,11,14H,7,9H2. The van der Waals surface area contributed by atoms with Gasteiger partial charge in [0, 0.05) is 22.4 Å². The molecule has 0 fully saturated rings. The maximum Gasteiger partial charge on any atom is 0.338 e. The molecule has 3 nitrogen and oxygen atoms in total. The number of hydrogen-bond acceptors (Lipinski definition) is 3. The van der Waals surface area contributed by atoms with Gasteiger partial charge in [-0.3, -0.25) is 0 Å². The molecule has 0 saturated heterocycles. The average Bonchev–Trinajstić information content (AvgIpc) is 2.34. The number of esters is 1. The minimum Gasteiger partial charge on any atom is -0.459 e. The van der Waals surface area contributed by atoms with Crippen molar-refractivity contribution < 1.29 is 14.6 Å². The maximum atomic E-state index is 11.4. The lowest BCUT2D eigenvalue weighted by molar-refractivity contribution is 0.0269. The molecule has 1 aromatic carbocycles. The van der Waals surface area contributed by atoms with Crippen LogP contribution in [0.4, 0.5) is 0 Å². The lowest BCUT2D eigenvalue weighted by Gasteiger charge is -2.08. The normalized spacial score (nSPS) is 11.1. The number of rotatable bonds is 4. The molecule has 0 radical (unpaired) electrons. The Morgan fingerprint density at radius 2 is 2.12 bits per heavy atom. The fourth-order valence-corrected chi connectivity index (χ4v) is 1.21. The van der Waals surface area contributed by atoms with Crippen LogP contribution in [0.3, 0.4) is 0 Å². The van der Waals surface area contributed by atoms with E-state index >= 15 is 0 Å². The van der Waals surface area contributed by atoms with Gasteiger partial charge < -0.3 is 9.84 Å². The zero-order valence-corrected chi connectivity index (χ0v) is 10.1. The van der Waals surface area contributed by atoms with E-state index in [1.54, 1.807) is 24.3 Å². The van der Waals surface area contributed by atoms with Gasteiger partial charge in [0.1, 0.15) is 6.61 Å². The lowest BCUT2D eigenvalue weighted by Crippen LogP contribution is -2.18. The van der Waals surface area contributed by atoms with Crippen molar-refractivity contribution in [3.8, 4) is 10.8 Å². The molecule has 1 atom stereocenters. The molecule has 0 heterocycles. The molecule has 0 bridgehead atoms. The van der Waals surface area contributed by atoms with E-state index in [-0.39, 0.29) is 13.0 Å². The molecule has 1 aromatic rings. The van der Waals surface area contributed by atoms with E-state index in [2.05, 4.69) is 26.7 Å². The molecule has 0 spiro atoms. The molecule has 0 aliphatic carbocycles. The van der Waals surface area contributed by atoms with E-state index in [4.69, 9.17) is 4.74 Å². The average molecular weight is 283 g/mol. The monoisotopic (exact) mass is 282 g/mol. The van der Waals surface area contributed by atoms with Gasteiger partial charge in [-0.25, -0.2) is 4.79 Å². The van der Waals surface area contributed by atoms with Gasteiger partial charge in [-0.05, 0) is 17.0 Å². The smallest absolute Gasteiger partial charge is 0.338 e. The van der Waals surface area contributed by atoms with Crippen molar-refractivity contribution in [2.24, 2.45) is 0 Å². The molecule has 16 heavy (non-hydrogen) atoms. The Kier molecular flexibility index (Phi) is 5.62. The number of carbonyl (C=O) groups excluding carboxylic acids is 1. The molecule has 1 unspecified atom stereocenters. The second kappa shape index (κ2) is 7.04. The predicted octanol–water partition coefficient (Wildman–Crippen LogP) is 1.95. The lowest BCUT2D eigenvalue weighted by atomic mass is 10.2. The molecule has 84 valence electrons. The fraction of sp³-hybridized carbons (Fsp3) is 0.250. The van der Waals surface area contributed by atoms with Crippen molar-refractivity contribution in [1.82, 2.24) is 0 Å². The van der Waals surface area contributed by atoms with Crippen LogP contribution in [0.1, 0.15) is 16.8 Å². The fourth-order valence-electron chi connectivity index (χ4n) is 1.04. The molecule has 0 amide bonds. The van der Waals surface area contributed by atoms with Gasteiger partial charge in [0.25, 0.3) is 0 Å². The van der Waals surface area contributed by atoms with Gasteiger partial charge in [0.2, 0.25) is 0 Å². The third-order valence-corrected chi connectivity index (χ3v) is 2.10. The first-order valence-corrected chi connectivity index (χ1v) is 5.52. The second-order valence-electron chi connectivity index (χ2n) is 3.09. The SMILES string of the molecule is O=C(OCC(O)CC#CBr)c1ccccc1. The molecule has 1 N–H and O–H groups in total. The Morgan fingerprint density at radius 3 is 2.75 bits per heavy atom. The van der Waals surface area contributed by atoms with Gasteiger partial charge in [0.15, 0.2) is 0 Å². The number of aliphatic hydroxyl groups excluding tert-OH is 1. The van der Waals surface area contributed by atoms with Crippen LogP contribution in [0.25, 0.3) is 0 Å². The van der Waals surface area contributed by atoms with Crippen LogP contribution < -0.4 is 0 Å². The highest BCUT2D eigenvalue weighted by atomic mass is 79.9. The van der Waals surface area contributed by atoms with Crippen LogP contribution in [0.2, 0.25) is 0 Å². The number of benzene rings is 1. The van der Waals surface area contributed by atoms with Crippen molar-refractivity contribution in [3.05, 3.63) is 35.9 Å². The molecule has 0 aromatic heterocycles. The molecule has 0 aliphatic heterocycles. The largest absolute Gasteiger partial charge is 0.459 e. The summed E-state index contributed by atoms with van der Waals surface area (Å²) in [6, 6.07) is 8.64. The quantitative estimate of drug-likeness (QED) is 0.678. The number of hydrogen-bond donors (Lipinski definition) is 1. The first kappa shape index (κ1) is 12.8. The zero-order valence-electron chi connectivity index (χ0n) is 8.52. The first-order chi connectivity index (χ1) is 7.74. The topological polar surface area (TPSA) is 46.5 Å². The second-order valence-corrected chi connectivity index (χ2v) is 3.49. The Morgan fingerprint density at radius 1 is 1.44 bits per heavy atom. The Hall–Kier alpha value is -1.31. The molecular formula is C12H11BrO3. The van der Waals surface area contributed by atoms with Crippen LogP contribution in [0.5, 0.6) is 0 Å². The molecular weight excluding hydrogens is 272 g/mol. The third kappa shape index (κ3) is 4.47. The van der Waals surface area contributed by atoms with E-state index in [1.807, 2.05) is 6.07 Å². The summed E-state index contributed by atoms with van der Waals surface area (Å²) in [6.45, 7) is -0.0462. The van der Waals surface area contributed by atoms with Crippen LogP contribution in [0.15, 0.2) is 30.3 Å². The van der Waals surface area contributed by atoms with E-state index in [0.29, 0.717) is 5.56 Å². The molecule has 4 heteroatoms. The van der Waals surface area contributed by atoms with Crippen molar-refractivity contribution in [3.63, 3.8) is 0 Å². The van der Waals surface area contributed by atoms with Gasteiger partial charge in [-0.1, -0.05) is 24.1 Å². The van der Waals surface area contributed by atoms with Crippen molar-refractivity contribution in [2.75, 3.05) is 6.61 Å². The van der Waals surface area contributed by atoms with E-state index in [9.17, 15) is 9.90 Å². The third-order valence-electron chi connectivity index (χ3n) is 1.82. The highest BCUT2D eigenvalue weighted by molar-refractivity contribution is 9.12. The molecule has 0 aliphatic rings. The van der Waals surface area contributed by atoms with Crippen molar-refractivity contribution in [1.29, 1.82) is 0 Å². The van der Waals surface area contributed by atoms with Crippen LogP contribution >= 0.6 is 15.9 Å². The van der Waals surface area contributed by atoms with Crippen molar-refractivity contribution >= 4 is 21.9 Å². The van der Waals surface area contributed by atoms with Crippen molar-refractivity contribution in [2.45, 2.75) is 12.5 Å². The summed E-state index contributed by atoms with van der Waals surface area (Å²) in [5.74, 6) is 2.20. The summed E-state index contributed by atoms with van der Waals surface area (Å²) in [4.78, 5) is 13.9. The predicted molar refractivity (Wildman–Crippen MR) is 64.1 cm³/mol. The van der Waals surface area contributed by atoms with E-state index in [0.717, 1.165) is 0 Å². The Balaban J connectivity index is 2.38. The maximum absolute atomic E-state index is 11.4. The van der Waals surface area contributed by atoms with Crippen LogP contribution in [0, 0.1) is 10.8 Å². The summed E-state index contributed by atoms with van der Waals surface area (Å²) >= 11 is 2.91. The summed E-state index contributed by atoms with van der Waals surface area (Å²) in [5, 5.41) is 9.38. The van der Waals surface area contributed by atoms with E-state index in [1.165, 1.54) is 0 Å². The minimum atomic E-state index is -0.752. The highest BCUT2D eigenvalue weighted by Gasteiger charge is 2.09.